The van der Waals surface area contributed by atoms with E-state index in [1.54, 1.807) is 0 Å². The number of nitrogens with zero attached hydrogens (tertiary/aromatic N) is 2. The Morgan fingerprint density at radius 3 is 2.48 bits per heavy atom. The van der Waals surface area contributed by atoms with Crippen molar-refractivity contribution in [1.29, 1.82) is 0 Å². The molecule has 3 aromatic heterocycles. The molecule has 0 aliphatic heterocycles. The molecule has 1 unspecified atom stereocenters. The minimum Gasteiger partial charge on any atom is -0.437 e. The fourth-order valence-corrected chi connectivity index (χ4v) is 5.56. The van der Waals surface area contributed by atoms with Gasteiger partial charge >= 0.3 is 0 Å². The number of hydrogen-bond donors (Lipinski definition) is 0. The molecule has 1 saturated carbocycles. The van der Waals surface area contributed by atoms with E-state index in [1.165, 1.54) is 43.2 Å². The van der Waals surface area contributed by atoms with Crippen LogP contribution in [0, 0.1) is 5.92 Å². The van der Waals surface area contributed by atoms with Gasteiger partial charge in [0.15, 0.2) is 0 Å². The minimum absolute atomic E-state index is 0.549. The van der Waals surface area contributed by atoms with Gasteiger partial charge < -0.3 is 4.42 Å². The zero-order valence-electron chi connectivity index (χ0n) is 19.0. The van der Waals surface area contributed by atoms with Crippen LogP contribution in [0.25, 0.3) is 44.5 Å². The Kier molecular flexibility index (Phi) is 5.18. The van der Waals surface area contributed by atoms with E-state index in [2.05, 4.69) is 72.6 Å². The van der Waals surface area contributed by atoms with Gasteiger partial charge in [0.1, 0.15) is 5.58 Å². The lowest BCUT2D eigenvalue weighted by atomic mass is 9.78. The standard InChI is InChI=1S/C30H28N2O/c1-20(21-9-4-2-5-10-21)23-15-17-31-27(19-23)25-13-8-14-26-28-24(22-11-6-3-7-12-22)16-18-32-30(28)33-29(25)26/h3,6-8,11-21H,2,4-5,9-10H2,1H3. The molecule has 1 aliphatic rings. The topological polar surface area (TPSA) is 38.9 Å². The molecule has 5 aromatic rings. The summed E-state index contributed by atoms with van der Waals surface area (Å²) < 4.78 is 6.37. The van der Waals surface area contributed by atoms with Gasteiger partial charge in [-0.1, -0.05) is 68.7 Å². The molecular weight excluding hydrogens is 404 g/mol. The summed E-state index contributed by atoms with van der Waals surface area (Å²) in [6.07, 6.45) is 10.6. The van der Waals surface area contributed by atoms with Crippen molar-refractivity contribution in [3.05, 3.63) is 84.7 Å². The van der Waals surface area contributed by atoms with Gasteiger partial charge in [-0.2, -0.15) is 0 Å². The largest absolute Gasteiger partial charge is 0.437 e. The third-order valence-electron chi connectivity index (χ3n) is 7.43. The van der Waals surface area contributed by atoms with Gasteiger partial charge in [-0.05, 0) is 65.6 Å². The number of para-hydroxylation sites is 1. The number of rotatable bonds is 4. The molecule has 2 aromatic carbocycles. The summed E-state index contributed by atoms with van der Waals surface area (Å²) in [5, 5.41) is 2.15. The van der Waals surface area contributed by atoms with E-state index in [0.717, 1.165) is 39.1 Å². The predicted molar refractivity (Wildman–Crippen MR) is 135 cm³/mol. The Morgan fingerprint density at radius 2 is 1.64 bits per heavy atom. The van der Waals surface area contributed by atoms with E-state index < -0.39 is 0 Å². The lowest BCUT2D eigenvalue weighted by Gasteiger charge is -2.28. The summed E-state index contributed by atoms with van der Waals surface area (Å²) in [7, 11) is 0. The highest BCUT2D eigenvalue weighted by atomic mass is 16.3. The second-order valence-corrected chi connectivity index (χ2v) is 9.35. The third-order valence-corrected chi connectivity index (χ3v) is 7.43. The van der Waals surface area contributed by atoms with Crippen LogP contribution in [0.2, 0.25) is 0 Å². The molecule has 0 saturated heterocycles. The zero-order valence-corrected chi connectivity index (χ0v) is 19.0. The Labute approximate surface area is 194 Å². The van der Waals surface area contributed by atoms with Crippen molar-refractivity contribution in [3.63, 3.8) is 0 Å². The normalized spacial score (nSPS) is 15.8. The number of hydrogen-bond acceptors (Lipinski definition) is 3. The monoisotopic (exact) mass is 432 g/mol. The van der Waals surface area contributed by atoms with Crippen molar-refractivity contribution < 1.29 is 4.42 Å². The van der Waals surface area contributed by atoms with Crippen LogP contribution in [-0.2, 0) is 0 Å². The Bertz CT molecular complexity index is 1410. The van der Waals surface area contributed by atoms with Crippen LogP contribution in [0.3, 0.4) is 0 Å². The average molecular weight is 433 g/mol. The Balaban J connectivity index is 1.48. The maximum atomic E-state index is 6.37. The van der Waals surface area contributed by atoms with Gasteiger partial charge in [-0.3, -0.25) is 4.98 Å². The molecule has 0 spiro atoms. The van der Waals surface area contributed by atoms with Crippen LogP contribution >= 0.6 is 0 Å². The molecule has 0 N–H and O–H groups in total. The van der Waals surface area contributed by atoms with E-state index in [-0.39, 0.29) is 0 Å². The molecule has 6 rings (SSSR count). The molecule has 33 heavy (non-hydrogen) atoms. The molecule has 0 amide bonds. The number of aromatic nitrogens is 2. The second-order valence-electron chi connectivity index (χ2n) is 9.35. The zero-order chi connectivity index (χ0) is 22.2. The first kappa shape index (κ1) is 20.2. The summed E-state index contributed by atoms with van der Waals surface area (Å²) in [6.45, 7) is 2.38. The number of furan rings is 1. The molecule has 1 atom stereocenters. The second kappa shape index (κ2) is 8.47. The number of fused-ring (bicyclic) bond motifs is 3. The minimum atomic E-state index is 0.549. The van der Waals surface area contributed by atoms with E-state index in [1.807, 2.05) is 18.5 Å². The van der Waals surface area contributed by atoms with Crippen LogP contribution in [-0.4, -0.2) is 9.97 Å². The number of benzene rings is 2. The van der Waals surface area contributed by atoms with Crippen molar-refractivity contribution in [2.75, 3.05) is 0 Å². The molecule has 0 bridgehead atoms. The lowest BCUT2D eigenvalue weighted by molar-refractivity contribution is 0.316. The fourth-order valence-electron chi connectivity index (χ4n) is 5.56. The molecule has 3 heteroatoms. The van der Waals surface area contributed by atoms with Crippen molar-refractivity contribution in [2.45, 2.75) is 44.9 Å². The van der Waals surface area contributed by atoms with E-state index in [4.69, 9.17) is 9.40 Å². The van der Waals surface area contributed by atoms with Crippen LogP contribution in [0.15, 0.2) is 83.5 Å². The summed E-state index contributed by atoms with van der Waals surface area (Å²) in [5.74, 6) is 1.32. The van der Waals surface area contributed by atoms with Gasteiger partial charge in [0.2, 0.25) is 5.71 Å². The first-order valence-electron chi connectivity index (χ1n) is 12.1. The molecule has 1 aliphatic carbocycles. The van der Waals surface area contributed by atoms with Gasteiger partial charge in [0, 0.05) is 23.3 Å². The molecule has 164 valence electrons. The first-order chi connectivity index (χ1) is 16.3. The van der Waals surface area contributed by atoms with Crippen molar-refractivity contribution in [2.24, 2.45) is 5.92 Å². The van der Waals surface area contributed by atoms with Gasteiger partial charge in [-0.25, -0.2) is 4.98 Å². The smallest absolute Gasteiger partial charge is 0.227 e. The fraction of sp³-hybridized carbons (Fsp3) is 0.267. The van der Waals surface area contributed by atoms with Gasteiger partial charge in [0.25, 0.3) is 0 Å². The van der Waals surface area contributed by atoms with E-state index in [9.17, 15) is 0 Å². The summed E-state index contributed by atoms with van der Waals surface area (Å²) in [5.41, 5.74) is 7.22. The highest BCUT2D eigenvalue weighted by molar-refractivity contribution is 6.14. The summed E-state index contributed by atoms with van der Waals surface area (Å²) in [4.78, 5) is 9.32. The predicted octanol–water partition coefficient (Wildman–Crippen LogP) is 8.39. The highest BCUT2D eigenvalue weighted by Crippen LogP contribution is 2.40. The molecule has 0 radical (unpaired) electrons. The van der Waals surface area contributed by atoms with Crippen molar-refractivity contribution >= 4 is 22.1 Å². The summed E-state index contributed by atoms with van der Waals surface area (Å²) >= 11 is 0. The maximum absolute atomic E-state index is 6.37. The SMILES string of the molecule is CC(c1ccnc(-c2cccc3c2oc2nccc(-c4ccccc4)c23)c1)C1CCCCC1. The average Bonchev–Trinajstić information content (AvgIpc) is 3.28. The molecule has 3 heterocycles. The Hall–Kier alpha value is -3.46. The summed E-state index contributed by atoms with van der Waals surface area (Å²) in [6, 6.07) is 23.3. The van der Waals surface area contributed by atoms with E-state index in [0.29, 0.717) is 11.6 Å². The van der Waals surface area contributed by atoms with Crippen LogP contribution in [0.4, 0.5) is 0 Å². The van der Waals surface area contributed by atoms with E-state index >= 15 is 0 Å². The number of pyridine rings is 2. The van der Waals surface area contributed by atoms with Gasteiger partial charge in [-0.15, -0.1) is 0 Å². The maximum Gasteiger partial charge on any atom is 0.227 e. The quantitative estimate of drug-likeness (QED) is 0.286. The molecule has 3 nitrogen and oxygen atoms in total. The van der Waals surface area contributed by atoms with Gasteiger partial charge in [0.05, 0.1) is 11.1 Å². The van der Waals surface area contributed by atoms with Crippen molar-refractivity contribution in [1.82, 2.24) is 9.97 Å². The van der Waals surface area contributed by atoms with Crippen LogP contribution in [0.1, 0.15) is 50.5 Å². The lowest BCUT2D eigenvalue weighted by Crippen LogP contribution is -2.14. The first-order valence-corrected chi connectivity index (χ1v) is 12.1. The van der Waals surface area contributed by atoms with Crippen molar-refractivity contribution in [3.8, 4) is 22.4 Å². The molecular formula is C30H28N2O. The van der Waals surface area contributed by atoms with Crippen LogP contribution in [0.5, 0.6) is 0 Å². The third kappa shape index (κ3) is 3.62. The Morgan fingerprint density at radius 1 is 0.818 bits per heavy atom. The van der Waals surface area contributed by atoms with Crippen LogP contribution < -0.4 is 0 Å². The molecule has 1 fully saturated rings. The highest BCUT2D eigenvalue weighted by Gasteiger charge is 2.22.